The standard InChI is InChI=1S/C13H13ClN2O2S/c1-9-3-2-4-12(15)13(9)16-19(17,18)11-7-5-10(14)6-8-11/h2-8,16H,15H2,1H3. The SMILES string of the molecule is Cc1cccc(N)c1NS(=O)(=O)c1ccc(Cl)cc1. The molecular weight excluding hydrogens is 284 g/mol. The molecule has 2 rings (SSSR count). The van der Waals surface area contributed by atoms with Gasteiger partial charge in [0.2, 0.25) is 0 Å². The van der Waals surface area contributed by atoms with Crippen LogP contribution in [0, 0.1) is 6.92 Å². The molecule has 0 bridgehead atoms. The summed E-state index contributed by atoms with van der Waals surface area (Å²) in [6, 6.07) is 11.1. The second kappa shape index (κ2) is 5.11. The van der Waals surface area contributed by atoms with Crippen molar-refractivity contribution in [3.8, 4) is 0 Å². The minimum Gasteiger partial charge on any atom is -0.397 e. The van der Waals surface area contributed by atoms with Crippen LogP contribution in [-0.4, -0.2) is 8.42 Å². The van der Waals surface area contributed by atoms with Gasteiger partial charge in [-0.1, -0.05) is 23.7 Å². The Labute approximate surface area is 117 Å². The third-order valence-corrected chi connectivity index (χ3v) is 4.28. The Morgan fingerprint density at radius 3 is 2.32 bits per heavy atom. The summed E-state index contributed by atoms with van der Waals surface area (Å²) in [6.45, 7) is 1.79. The van der Waals surface area contributed by atoms with Gasteiger partial charge in [-0.25, -0.2) is 8.42 Å². The Kier molecular flexibility index (Phi) is 3.68. The molecule has 2 aromatic rings. The van der Waals surface area contributed by atoms with Gasteiger partial charge in [-0.3, -0.25) is 4.72 Å². The Hall–Kier alpha value is -1.72. The van der Waals surface area contributed by atoms with Gasteiger partial charge in [0.25, 0.3) is 10.0 Å². The number of anilines is 2. The summed E-state index contributed by atoms with van der Waals surface area (Å²) < 4.78 is 26.9. The largest absolute Gasteiger partial charge is 0.397 e. The van der Waals surface area contributed by atoms with Crippen LogP contribution in [0.25, 0.3) is 0 Å². The van der Waals surface area contributed by atoms with E-state index in [1.165, 1.54) is 24.3 Å². The fourth-order valence-electron chi connectivity index (χ4n) is 1.64. The molecule has 0 saturated carbocycles. The van der Waals surface area contributed by atoms with Crippen LogP contribution >= 0.6 is 11.6 Å². The highest BCUT2D eigenvalue weighted by molar-refractivity contribution is 7.92. The first-order valence-corrected chi connectivity index (χ1v) is 7.40. The predicted molar refractivity (Wildman–Crippen MR) is 77.9 cm³/mol. The lowest BCUT2D eigenvalue weighted by Gasteiger charge is -2.12. The quantitative estimate of drug-likeness (QED) is 0.855. The minimum atomic E-state index is -3.66. The summed E-state index contributed by atoms with van der Waals surface area (Å²) in [5.41, 5.74) is 7.33. The molecule has 19 heavy (non-hydrogen) atoms. The van der Waals surface area contributed by atoms with Crippen molar-refractivity contribution in [3.63, 3.8) is 0 Å². The molecule has 0 atom stereocenters. The van der Waals surface area contributed by atoms with Crippen molar-refractivity contribution in [1.82, 2.24) is 0 Å². The van der Waals surface area contributed by atoms with Gasteiger partial charge in [0.05, 0.1) is 16.3 Å². The van der Waals surface area contributed by atoms with E-state index in [9.17, 15) is 8.42 Å². The monoisotopic (exact) mass is 296 g/mol. The maximum absolute atomic E-state index is 12.2. The van der Waals surface area contributed by atoms with Gasteiger partial charge in [0.1, 0.15) is 0 Å². The number of sulfonamides is 1. The van der Waals surface area contributed by atoms with Crippen LogP contribution in [0.1, 0.15) is 5.56 Å². The number of rotatable bonds is 3. The molecule has 0 unspecified atom stereocenters. The van der Waals surface area contributed by atoms with Crippen molar-refractivity contribution in [2.75, 3.05) is 10.5 Å². The normalized spacial score (nSPS) is 11.3. The zero-order chi connectivity index (χ0) is 14.0. The number of nitrogens with two attached hydrogens (primary N) is 1. The van der Waals surface area contributed by atoms with E-state index >= 15 is 0 Å². The maximum atomic E-state index is 12.2. The van der Waals surface area contributed by atoms with Gasteiger partial charge in [-0.15, -0.1) is 0 Å². The van der Waals surface area contributed by atoms with Crippen LogP contribution in [0.3, 0.4) is 0 Å². The van der Waals surface area contributed by atoms with E-state index in [1.807, 2.05) is 0 Å². The lowest BCUT2D eigenvalue weighted by molar-refractivity contribution is 0.601. The van der Waals surface area contributed by atoms with Crippen molar-refractivity contribution >= 4 is 33.0 Å². The lowest BCUT2D eigenvalue weighted by atomic mass is 10.2. The van der Waals surface area contributed by atoms with Gasteiger partial charge < -0.3 is 5.73 Å². The molecule has 0 aliphatic rings. The molecule has 4 nitrogen and oxygen atoms in total. The second-order valence-corrected chi connectivity index (χ2v) is 6.22. The highest BCUT2D eigenvalue weighted by Crippen LogP contribution is 2.26. The summed E-state index contributed by atoms with van der Waals surface area (Å²) >= 11 is 5.74. The van der Waals surface area contributed by atoms with E-state index in [4.69, 9.17) is 17.3 Å². The van der Waals surface area contributed by atoms with Crippen molar-refractivity contribution < 1.29 is 8.42 Å². The third-order valence-electron chi connectivity index (χ3n) is 2.67. The molecule has 0 spiro atoms. The van der Waals surface area contributed by atoms with E-state index < -0.39 is 10.0 Å². The highest BCUT2D eigenvalue weighted by Gasteiger charge is 2.16. The highest BCUT2D eigenvalue weighted by atomic mass is 35.5. The van der Waals surface area contributed by atoms with Gasteiger partial charge in [0.15, 0.2) is 0 Å². The van der Waals surface area contributed by atoms with E-state index in [-0.39, 0.29) is 4.90 Å². The summed E-state index contributed by atoms with van der Waals surface area (Å²) in [7, 11) is -3.66. The number of aryl methyl sites for hydroxylation is 1. The van der Waals surface area contributed by atoms with Gasteiger partial charge >= 0.3 is 0 Å². The fraction of sp³-hybridized carbons (Fsp3) is 0.0769. The fourth-order valence-corrected chi connectivity index (χ4v) is 2.92. The van der Waals surface area contributed by atoms with Crippen molar-refractivity contribution in [3.05, 3.63) is 53.1 Å². The van der Waals surface area contributed by atoms with Gasteiger partial charge in [-0.05, 0) is 42.8 Å². The molecule has 2 aromatic carbocycles. The molecule has 0 radical (unpaired) electrons. The smallest absolute Gasteiger partial charge is 0.261 e. The predicted octanol–water partition coefficient (Wildman–Crippen LogP) is 3.03. The average molecular weight is 297 g/mol. The zero-order valence-electron chi connectivity index (χ0n) is 10.2. The van der Waals surface area contributed by atoms with Gasteiger partial charge in [-0.2, -0.15) is 0 Å². The van der Waals surface area contributed by atoms with E-state index in [2.05, 4.69) is 4.72 Å². The molecule has 0 aliphatic heterocycles. The molecule has 0 fully saturated rings. The number of halogens is 1. The third kappa shape index (κ3) is 3.00. The molecule has 0 heterocycles. The number of benzene rings is 2. The number of hydrogen-bond donors (Lipinski definition) is 2. The number of nitrogen functional groups attached to an aromatic ring is 1. The Morgan fingerprint density at radius 2 is 1.74 bits per heavy atom. The molecular formula is C13H13ClN2O2S. The van der Waals surface area contributed by atoms with Crippen LogP contribution in [0.2, 0.25) is 5.02 Å². The molecule has 3 N–H and O–H groups in total. The molecule has 100 valence electrons. The van der Waals surface area contributed by atoms with Crippen LogP contribution in [-0.2, 0) is 10.0 Å². The van der Waals surface area contributed by atoms with Crippen LogP contribution in [0.5, 0.6) is 0 Å². The molecule has 0 aliphatic carbocycles. The number of para-hydroxylation sites is 1. The van der Waals surface area contributed by atoms with Crippen molar-refractivity contribution in [1.29, 1.82) is 0 Å². The van der Waals surface area contributed by atoms with E-state index in [0.717, 1.165) is 5.56 Å². The summed E-state index contributed by atoms with van der Waals surface area (Å²) in [5.74, 6) is 0. The van der Waals surface area contributed by atoms with E-state index in [1.54, 1.807) is 25.1 Å². The maximum Gasteiger partial charge on any atom is 0.261 e. The van der Waals surface area contributed by atoms with Crippen LogP contribution in [0.4, 0.5) is 11.4 Å². The summed E-state index contributed by atoms with van der Waals surface area (Å²) in [6.07, 6.45) is 0. The Morgan fingerprint density at radius 1 is 1.11 bits per heavy atom. The van der Waals surface area contributed by atoms with E-state index in [0.29, 0.717) is 16.4 Å². The first kappa shape index (κ1) is 13.7. The van der Waals surface area contributed by atoms with Crippen molar-refractivity contribution in [2.45, 2.75) is 11.8 Å². The summed E-state index contributed by atoms with van der Waals surface area (Å²) in [4.78, 5) is 0.138. The van der Waals surface area contributed by atoms with Crippen LogP contribution < -0.4 is 10.5 Å². The molecule has 0 saturated heterocycles. The number of hydrogen-bond acceptors (Lipinski definition) is 3. The Balaban J connectivity index is 2.39. The zero-order valence-corrected chi connectivity index (χ0v) is 11.8. The Bertz CT molecular complexity index is 677. The molecule has 0 aromatic heterocycles. The average Bonchev–Trinajstić information content (AvgIpc) is 2.35. The second-order valence-electron chi connectivity index (χ2n) is 4.10. The first-order chi connectivity index (χ1) is 8.90. The first-order valence-electron chi connectivity index (χ1n) is 5.53. The molecule has 6 heteroatoms. The topological polar surface area (TPSA) is 72.2 Å². The van der Waals surface area contributed by atoms with Gasteiger partial charge in [0, 0.05) is 5.02 Å². The van der Waals surface area contributed by atoms with Crippen LogP contribution in [0.15, 0.2) is 47.4 Å². The number of nitrogens with one attached hydrogen (secondary N) is 1. The van der Waals surface area contributed by atoms with Crippen molar-refractivity contribution in [2.24, 2.45) is 0 Å². The molecule has 0 amide bonds. The minimum absolute atomic E-state index is 0.138. The lowest BCUT2D eigenvalue weighted by Crippen LogP contribution is -2.15. The summed E-state index contributed by atoms with van der Waals surface area (Å²) in [5, 5.41) is 0.481.